The van der Waals surface area contributed by atoms with E-state index >= 15 is 8.78 Å². The summed E-state index contributed by atoms with van der Waals surface area (Å²) in [6.45, 7) is 11.3. The molecule has 0 radical (unpaired) electrons. The SMILES string of the molecule is CCC1(COC2CC3CC2C2CCC(OCC(CC)(CO)COC4CC5CC4C4CCC(OCC6(CC)COC6)C54F)C32F)COC1. The first-order valence-electron chi connectivity index (χ1n) is 19.3. The summed E-state index contributed by atoms with van der Waals surface area (Å²) >= 11 is 0. The minimum absolute atomic E-state index is 0.00310. The van der Waals surface area contributed by atoms with E-state index in [4.69, 9.17) is 28.4 Å². The number of aliphatic hydroxyl groups is 1. The van der Waals surface area contributed by atoms with E-state index in [9.17, 15) is 5.11 Å². The molecule has 268 valence electrons. The van der Waals surface area contributed by atoms with Crippen LogP contribution in [0, 0.1) is 51.8 Å². The molecule has 13 unspecified atom stereocenters. The third kappa shape index (κ3) is 5.16. The van der Waals surface area contributed by atoms with Gasteiger partial charge in [-0.3, -0.25) is 0 Å². The first-order valence-corrected chi connectivity index (χ1v) is 19.3. The van der Waals surface area contributed by atoms with Crippen molar-refractivity contribution in [2.24, 2.45) is 51.8 Å². The van der Waals surface area contributed by atoms with E-state index in [2.05, 4.69) is 20.8 Å². The summed E-state index contributed by atoms with van der Waals surface area (Å²) in [5, 5.41) is 10.6. The monoisotopic (exact) mass is 666 g/mol. The molecule has 47 heavy (non-hydrogen) atoms. The molecule has 4 bridgehead atoms. The lowest BCUT2D eigenvalue weighted by atomic mass is 9.76. The summed E-state index contributed by atoms with van der Waals surface area (Å²) in [5.74, 6) is 0.389. The van der Waals surface area contributed by atoms with Gasteiger partial charge in [-0.25, -0.2) is 8.78 Å². The lowest BCUT2D eigenvalue weighted by Crippen LogP contribution is -2.52. The molecule has 2 saturated heterocycles. The highest BCUT2D eigenvalue weighted by atomic mass is 19.1. The smallest absolute Gasteiger partial charge is 0.143 e. The Morgan fingerprint density at radius 3 is 1.62 bits per heavy atom. The number of hydrogen-bond donors (Lipinski definition) is 1. The van der Waals surface area contributed by atoms with Gasteiger partial charge in [-0.05, 0) is 94.3 Å². The maximum atomic E-state index is 17.0. The van der Waals surface area contributed by atoms with Gasteiger partial charge in [0.05, 0.1) is 83.9 Å². The molecule has 0 aromatic heterocycles. The minimum atomic E-state index is -1.30. The normalized spacial score (nSPS) is 47.9. The van der Waals surface area contributed by atoms with Gasteiger partial charge >= 0.3 is 0 Å². The van der Waals surface area contributed by atoms with Crippen LogP contribution >= 0.6 is 0 Å². The predicted molar refractivity (Wildman–Crippen MR) is 171 cm³/mol. The molecule has 0 aromatic rings. The van der Waals surface area contributed by atoms with Crippen LogP contribution in [-0.4, -0.2) is 100 Å². The number of rotatable bonds is 16. The zero-order valence-corrected chi connectivity index (χ0v) is 29.1. The summed E-state index contributed by atoms with van der Waals surface area (Å²) < 4.78 is 70.6. The summed E-state index contributed by atoms with van der Waals surface area (Å²) in [4.78, 5) is 0. The lowest BCUT2D eigenvalue weighted by Gasteiger charge is -2.44. The van der Waals surface area contributed by atoms with Crippen LogP contribution in [0.25, 0.3) is 0 Å². The van der Waals surface area contributed by atoms with Gasteiger partial charge in [0.25, 0.3) is 0 Å². The Bertz CT molecular complexity index is 1120. The number of fused-ring (bicyclic) bond motifs is 10. The molecule has 2 heterocycles. The second kappa shape index (κ2) is 12.4. The fraction of sp³-hybridized carbons (Fsp3) is 1.00. The summed E-state index contributed by atoms with van der Waals surface area (Å²) in [6, 6.07) is 0. The number of hydrogen-bond acceptors (Lipinski definition) is 7. The van der Waals surface area contributed by atoms with E-state index in [1.165, 1.54) is 0 Å². The molecule has 8 aliphatic rings. The third-order valence-corrected chi connectivity index (χ3v) is 15.6. The van der Waals surface area contributed by atoms with Crippen molar-refractivity contribution in [1.82, 2.24) is 0 Å². The van der Waals surface area contributed by atoms with Gasteiger partial charge in [0, 0.05) is 28.1 Å². The number of ether oxygens (including phenoxy) is 6. The molecule has 6 saturated carbocycles. The van der Waals surface area contributed by atoms with E-state index in [0.717, 1.165) is 90.8 Å². The largest absolute Gasteiger partial charge is 0.396 e. The van der Waals surface area contributed by atoms with Crippen LogP contribution in [0.5, 0.6) is 0 Å². The molecule has 1 N–H and O–H groups in total. The van der Waals surface area contributed by atoms with Crippen LogP contribution in [0.2, 0.25) is 0 Å². The molecule has 8 fully saturated rings. The molecule has 8 rings (SSSR count). The van der Waals surface area contributed by atoms with Crippen molar-refractivity contribution in [3.05, 3.63) is 0 Å². The van der Waals surface area contributed by atoms with Gasteiger partial charge in [-0.2, -0.15) is 0 Å². The first kappa shape index (κ1) is 33.7. The second-order valence-electron chi connectivity index (χ2n) is 17.7. The highest BCUT2D eigenvalue weighted by Crippen LogP contribution is 2.66. The summed E-state index contributed by atoms with van der Waals surface area (Å²) in [6.07, 6.45) is 8.55. The zero-order valence-electron chi connectivity index (χ0n) is 29.1. The average Bonchev–Trinajstić information content (AvgIpc) is 3.87. The van der Waals surface area contributed by atoms with Gasteiger partial charge in [0.15, 0.2) is 0 Å². The molecule has 0 spiro atoms. The Labute approximate surface area is 280 Å². The van der Waals surface area contributed by atoms with E-state index in [1.807, 2.05) is 0 Å². The fourth-order valence-corrected chi connectivity index (χ4v) is 11.8. The quantitative estimate of drug-likeness (QED) is 0.214. The number of alkyl halides is 2. The van der Waals surface area contributed by atoms with Crippen LogP contribution in [-0.2, 0) is 28.4 Å². The molecule has 0 amide bonds. The summed E-state index contributed by atoms with van der Waals surface area (Å²) in [7, 11) is 0. The van der Waals surface area contributed by atoms with Crippen LogP contribution in [0.15, 0.2) is 0 Å². The maximum Gasteiger partial charge on any atom is 0.143 e. The van der Waals surface area contributed by atoms with Crippen molar-refractivity contribution in [2.75, 3.05) is 59.5 Å². The second-order valence-corrected chi connectivity index (χ2v) is 17.7. The van der Waals surface area contributed by atoms with Crippen molar-refractivity contribution < 1.29 is 42.3 Å². The Morgan fingerprint density at radius 2 is 1.15 bits per heavy atom. The summed E-state index contributed by atoms with van der Waals surface area (Å²) in [5.41, 5.74) is -2.94. The van der Waals surface area contributed by atoms with Gasteiger partial charge in [-0.1, -0.05) is 20.8 Å². The van der Waals surface area contributed by atoms with Crippen LogP contribution in [0.3, 0.4) is 0 Å². The topological polar surface area (TPSA) is 75.6 Å². The van der Waals surface area contributed by atoms with Crippen molar-refractivity contribution >= 4 is 0 Å². The molecular weight excluding hydrogens is 606 g/mol. The number of aliphatic hydroxyl groups excluding tert-OH is 1. The Morgan fingerprint density at radius 1 is 0.660 bits per heavy atom. The van der Waals surface area contributed by atoms with Crippen LogP contribution in [0.1, 0.15) is 91.4 Å². The molecular formula is C38H60F2O7. The van der Waals surface area contributed by atoms with Gasteiger partial charge in [-0.15, -0.1) is 0 Å². The zero-order chi connectivity index (χ0) is 32.7. The van der Waals surface area contributed by atoms with Crippen molar-refractivity contribution in [2.45, 2.75) is 127 Å². The van der Waals surface area contributed by atoms with E-state index < -0.39 is 22.9 Å². The van der Waals surface area contributed by atoms with Crippen molar-refractivity contribution in [3.63, 3.8) is 0 Å². The van der Waals surface area contributed by atoms with Gasteiger partial charge in [0.1, 0.15) is 11.3 Å². The third-order valence-electron chi connectivity index (χ3n) is 15.6. The predicted octanol–water partition coefficient (Wildman–Crippen LogP) is 6.09. The van der Waals surface area contributed by atoms with Crippen molar-refractivity contribution in [3.8, 4) is 0 Å². The highest BCUT2D eigenvalue weighted by Gasteiger charge is 2.70. The van der Waals surface area contributed by atoms with E-state index in [0.29, 0.717) is 26.1 Å². The van der Waals surface area contributed by atoms with Gasteiger partial charge in [0.2, 0.25) is 0 Å². The standard InChI is InChI=1S/C38H60F2O7/c1-4-34(15-41,20-44-30-13-24-11-26(30)28-8-10-33(38(24,28)40)47-23-36(6-3)18-43-19-36)21-46-32-9-7-29-27-12-25(37(29,32)39)14-31(27)45-22-35(5-2)16-42-17-35/h24-33,41H,4-23H2,1-3H3. The molecule has 2 aliphatic heterocycles. The van der Waals surface area contributed by atoms with Crippen LogP contribution in [0.4, 0.5) is 8.78 Å². The Hall–Kier alpha value is -0.420. The van der Waals surface area contributed by atoms with Gasteiger partial charge < -0.3 is 33.5 Å². The Kier molecular flexibility index (Phi) is 8.87. The van der Waals surface area contributed by atoms with E-state index in [1.54, 1.807) is 0 Å². The fourth-order valence-electron chi connectivity index (χ4n) is 11.8. The minimum Gasteiger partial charge on any atom is -0.396 e. The average molecular weight is 667 g/mol. The first-order chi connectivity index (χ1) is 22.7. The highest BCUT2D eigenvalue weighted by molar-refractivity contribution is 5.19. The number of halogens is 2. The molecule has 0 aromatic carbocycles. The lowest BCUT2D eigenvalue weighted by molar-refractivity contribution is -0.184. The Balaban J connectivity index is 0.842. The van der Waals surface area contributed by atoms with E-state index in [-0.39, 0.29) is 77.9 Å². The molecule has 13 atom stereocenters. The molecule has 7 nitrogen and oxygen atoms in total. The maximum absolute atomic E-state index is 17.0. The molecule has 6 aliphatic carbocycles. The van der Waals surface area contributed by atoms with Crippen LogP contribution < -0.4 is 0 Å². The van der Waals surface area contributed by atoms with Crippen molar-refractivity contribution in [1.29, 1.82) is 0 Å². The molecule has 9 heteroatoms.